The average molecular weight is 452 g/mol. The molecule has 0 radical (unpaired) electrons. The van der Waals surface area contributed by atoms with Crippen LogP contribution < -0.4 is 18.9 Å². The molecule has 0 fully saturated rings. The molecule has 34 heavy (non-hydrogen) atoms. The van der Waals surface area contributed by atoms with E-state index in [4.69, 9.17) is 24.2 Å². The molecule has 0 unspecified atom stereocenters. The Labute approximate surface area is 199 Å². The summed E-state index contributed by atoms with van der Waals surface area (Å²) in [6, 6.07) is 32.9. The van der Waals surface area contributed by atoms with E-state index < -0.39 is 0 Å². The number of benzene rings is 4. The van der Waals surface area contributed by atoms with E-state index in [2.05, 4.69) is 0 Å². The van der Waals surface area contributed by atoms with Crippen LogP contribution in [0.3, 0.4) is 0 Å². The fourth-order valence-corrected chi connectivity index (χ4v) is 3.44. The minimum absolute atomic E-state index is 0.00122. The van der Waals surface area contributed by atoms with Gasteiger partial charge in [-0.1, -0.05) is 54.6 Å². The lowest BCUT2D eigenvalue weighted by molar-refractivity contribution is 0.282. The molecule has 5 heteroatoms. The van der Waals surface area contributed by atoms with Gasteiger partial charge in [-0.05, 0) is 54.4 Å². The van der Waals surface area contributed by atoms with Gasteiger partial charge in [0.1, 0.15) is 48.0 Å². The number of ether oxygens (including phenoxy) is 4. The van der Waals surface area contributed by atoms with Crippen LogP contribution in [0.25, 0.3) is 0 Å². The van der Waals surface area contributed by atoms with Gasteiger partial charge in [0.25, 0.3) is 0 Å². The third-order valence-corrected chi connectivity index (χ3v) is 5.06. The smallest absolute Gasteiger partial charge is 0.174 e. The number of aryl methyl sites for hydroxylation is 1. The summed E-state index contributed by atoms with van der Waals surface area (Å²) in [7, 11) is 0. The quantitative estimate of drug-likeness (QED) is 0.264. The Bertz CT molecular complexity index is 1260. The van der Waals surface area contributed by atoms with E-state index in [0.717, 1.165) is 28.2 Å². The largest absolute Gasteiger partial charge is 0.489 e. The SMILES string of the molecule is Cc1cccc(COc2cccc(OCc3cccc(Oc4ccccc4)c3)c2)c1OCC#N. The van der Waals surface area contributed by atoms with E-state index in [9.17, 15) is 0 Å². The van der Waals surface area contributed by atoms with Gasteiger partial charge in [-0.2, -0.15) is 5.26 Å². The van der Waals surface area contributed by atoms with Gasteiger partial charge in [-0.15, -0.1) is 0 Å². The third kappa shape index (κ3) is 6.30. The van der Waals surface area contributed by atoms with Crippen molar-refractivity contribution >= 4 is 0 Å². The molecule has 0 N–H and O–H groups in total. The molecule has 0 saturated heterocycles. The number of rotatable bonds is 10. The first-order valence-corrected chi connectivity index (χ1v) is 11.0. The topological polar surface area (TPSA) is 60.7 Å². The summed E-state index contributed by atoms with van der Waals surface area (Å²) in [5.74, 6) is 3.63. The van der Waals surface area contributed by atoms with Crippen LogP contribution in [0.5, 0.6) is 28.7 Å². The Morgan fingerprint density at radius 3 is 2.12 bits per heavy atom. The summed E-state index contributed by atoms with van der Waals surface area (Å²) in [6.45, 7) is 2.67. The highest BCUT2D eigenvalue weighted by Gasteiger charge is 2.09. The highest BCUT2D eigenvalue weighted by atomic mass is 16.5. The van der Waals surface area contributed by atoms with Gasteiger partial charge in [-0.25, -0.2) is 0 Å². The molecule has 4 aromatic rings. The lowest BCUT2D eigenvalue weighted by Gasteiger charge is -2.14. The standard InChI is InChI=1S/C29H25NO4/c1-22-8-5-10-24(29(22)31-17-16-30)21-33-27-14-7-13-26(19-27)32-20-23-9-6-15-28(18-23)34-25-11-3-2-4-12-25/h2-15,18-19H,17,20-21H2,1H3. The number of hydrogen-bond acceptors (Lipinski definition) is 5. The molecular weight excluding hydrogens is 426 g/mol. The molecule has 0 heterocycles. The first kappa shape index (κ1) is 22.8. The molecule has 0 aliphatic heterocycles. The van der Waals surface area contributed by atoms with Crippen LogP contribution in [0.1, 0.15) is 16.7 Å². The summed E-state index contributed by atoms with van der Waals surface area (Å²) >= 11 is 0. The molecule has 0 amide bonds. The first-order chi connectivity index (χ1) is 16.7. The predicted molar refractivity (Wildman–Crippen MR) is 130 cm³/mol. The number of hydrogen-bond donors (Lipinski definition) is 0. The van der Waals surface area contributed by atoms with Crippen LogP contribution in [-0.2, 0) is 13.2 Å². The summed E-state index contributed by atoms with van der Waals surface area (Å²) < 4.78 is 23.5. The van der Waals surface area contributed by atoms with Gasteiger partial charge in [0, 0.05) is 11.6 Å². The third-order valence-electron chi connectivity index (χ3n) is 5.06. The molecule has 5 nitrogen and oxygen atoms in total. The fraction of sp³-hybridized carbons (Fsp3) is 0.138. The molecule has 0 aliphatic carbocycles. The van der Waals surface area contributed by atoms with Gasteiger partial charge >= 0.3 is 0 Å². The lowest BCUT2D eigenvalue weighted by atomic mass is 10.1. The fourth-order valence-electron chi connectivity index (χ4n) is 3.44. The van der Waals surface area contributed by atoms with Crippen LogP contribution in [-0.4, -0.2) is 6.61 Å². The molecular formula is C29H25NO4. The van der Waals surface area contributed by atoms with E-state index in [1.165, 1.54) is 0 Å². The molecule has 170 valence electrons. The molecule has 0 spiro atoms. The first-order valence-electron chi connectivity index (χ1n) is 11.0. The van der Waals surface area contributed by atoms with Gasteiger partial charge in [0.2, 0.25) is 0 Å². The molecule has 0 atom stereocenters. The molecule has 0 bridgehead atoms. The van der Waals surface area contributed by atoms with Crippen molar-refractivity contribution in [3.05, 3.63) is 114 Å². The molecule has 0 aliphatic rings. The van der Waals surface area contributed by atoms with Crippen molar-refractivity contribution in [1.82, 2.24) is 0 Å². The number of nitrogens with zero attached hydrogens (tertiary/aromatic N) is 1. The average Bonchev–Trinajstić information content (AvgIpc) is 2.87. The van der Waals surface area contributed by atoms with Crippen LogP contribution >= 0.6 is 0 Å². The Kier molecular flexibility index (Phi) is 7.66. The normalized spacial score (nSPS) is 10.2. The van der Waals surface area contributed by atoms with E-state index in [-0.39, 0.29) is 6.61 Å². The monoisotopic (exact) mass is 451 g/mol. The van der Waals surface area contributed by atoms with Crippen molar-refractivity contribution in [1.29, 1.82) is 5.26 Å². The molecule has 4 rings (SSSR count). The summed E-state index contributed by atoms with van der Waals surface area (Å²) in [4.78, 5) is 0. The zero-order valence-corrected chi connectivity index (χ0v) is 18.9. The number of nitriles is 1. The maximum atomic E-state index is 8.84. The Balaban J connectivity index is 1.36. The number of para-hydroxylation sites is 2. The van der Waals surface area contributed by atoms with Gasteiger partial charge < -0.3 is 18.9 Å². The van der Waals surface area contributed by atoms with Crippen molar-refractivity contribution in [3.8, 4) is 34.8 Å². The summed E-state index contributed by atoms with van der Waals surface area (Å²) in [5, 5.41) is 8.84. The lowest BCUT2D eigenvalue weighted by Crippen LogP contribution is -2.03. The second kappa shape index (κ2) is 11.4. The van der Waals surface area contributed by atoms with Crippen LogP contribution in [0.4, 0.5) is 0 Å². The van der Waals surface area contributed by atoms with Crippen LogP contribution in [0.2, 0.25) is 0 Å². The Morgan fingerprint density at radius 2 is 1.32 bits per heavy atom. The maximum Gasteiger partial charge on any atom is 0.174 e. The highest BCUT2D eigenvalue weighted by molar-refractivity contribution is 5.41. The summed E-state index contributed by atoms with van der Waals surface area (Å²) in [6.07, 6.45) is 0. The summed E-state index contributed by atoms with van der Waals surface area (Å²) in [5.41, 5.74) is 2.85. The van der Waals surface area contributed by atoms with Gasteiger partial charge in [-0.3, -0.25) is 0 Å². The van der Waals surface area contributed by atoms with E-state index in [0.29, 0.717) is 30.5 Å². The molecule has 4 aromatic carbocycles. The van der Waals surface area contributed by atoms with Crippen molar-refractivity contribution in [2.75, 3.05) is 6.61 Å². The molecule has 0 saturated carbocycles. The zero-order valence-electron chi connectivity index (χ0n) is 18.9. The van der Waals surface area contributed by atoms with Crippen molar-refractivity contribution in [2.24, 2.45) is 0 Å². The Morgan fingerprint density at radius 1 is 0.647 bits per heavy atom. The van der Waals surface area contributed by atoms with E-state index in [1.54, 1.807) is 0 Å². The van der Waals surface area contributed by atoms with Crippen LogP contribution in [0, 0.1) is 18.3 Å². The second-order valence-corrected chi connectivity index (χ2v) is 7.62. The highest BCUT2D eigenvalue weighted by Crippen LogP contribution is 2.27. The Hall–Kier alpha value is -4.43. The van der Waals surface area contributed by atoms with Crippen molar-refractivity contribution in [2.45, 2.75) is 20.1 Å². The minimum Gasteiger partial charge on any atom is -0.489 e. The van der Waals surface area contributed by atoms with E-state index in [1.807, 2.05) is 110 Å². The van der Waals surface area contributed by atoms with Gasteiger partial charge in [0.05, 0.1) is 0 Å². The minimum atomic E-state index is -0.00122. The van der Waals surface area contributed by atoms with E-state index >= 15 is 0 Å². The zero-order chi connectivity index (χ0) is 23.6. The molecule has 0 aromatic heterocycles. The van der Waals surface area contributed by atoms with Crippen molar-refractivity contribution in [3.63, 3.8) is 0 Å². The second-order valence-electron chi connectivity index (χ2n) is 7.62. The maximum absolute atomic E-state index is 8.84. The van der Waals surface area contributed by atoms with Crippen molar-refractivity contribution < 1.29 is 18.9 Å². The van der Waals surface area contributed by atoms with Crippen LogP contribution in [0.15, 0.2) is 97.1 Å². The van der Waals surface area contributed by atoms with Gasteiger partial charge in [0.15, 0.2) is 6.61 Å². The predicted octanol–water partition coefficient (Wildman–Crippen LogP) is 6.85.